The minimum atomic E-state index is -0.399. The number of halogens is 2. The lowest BCUT2D eigenvalue weighted by Gasteiger charge is -2.15. The Bertz CT molecular complexity index is 1330. The molecule has 0 aromatic heterocycles. The Morgan fingerprint density at radius 3 is 2.35 bits per heavy atom. The van der Waals surface area contributed by atoms with Gasteiger partial charge in [-0.15, -0.1) is 0 Å². The predicted molar refractivity (Wildman–Crippen MR) is 148 cm³/mol. The summed E-state index contributed by atoms with van der Waals surface area (Å²) in [6.45, 7) is 0.543. The fraction of sp³-hybridized carbons (Fsp3) is 0.185. The minimum Gasteiger partial charge on any atom is -0.493 e. The largest absolute Gasteiger partial charge is 0.493 e. The first-order chi connectivity index (χ1) is 17.9. The standard InChI is InChI=1S/C27H23BrClNO6S/c1-33-21-5-3-4-6-22(21)35-12-11-30-26(31)24(37-27(30)32)15-18-13-20(29)25(23(14-18)34-2)36-16-17-7-9-19(28)10-8-17/h3-10,13-15H,11-12,16H2,1-2H3/b24-15-. The summed E-state index contributed by atoms with van der Waals surface area (Å²) in [6.07, 6.45) is 1.61. The molecule has 1 fully saturated rings. The molecule has 1 aliphatic heterocycles. The van der Waals surface area contributed by atoms with Gasteiger partial charge in [-0.25, -0.2) is 0 Å². The monoisotopic (exact) mass is 603 g/mol. The normalized spacial score (nSPS) is 14.3. The zero-order chi connectivity index (χ0) is 26.4. The number of carbonyl (C=O) groups is 2. The van der Waals surface area contributed by atoms with Gasteiger partial charge in [-0.3, -0.25) is 14.5 Å². The van der Waals surface area contributed by atoms with Crippen LogP contribution in [0, 0.1) is 0 Å². The van der Waals surface area contributed by atoms with Crippen LogP contribution in [-0.4, -0.2) is 43.4 Å². The smallest absolute Gasteiger partial charge is 0.293 e. The molecular formula is C27H23BrClNO6S. The Kier molecular flexibility index (Phi) is 9.02. The summed E-state index contributed by atoms with van der Waals surface area (Å²) in [5.41, 5.74) is 1.57. The van der Waals surface area contributed by atoms with E-state index < -0.39 is 5.91 Å². The van der Waals surface area contributed by atoms with Gasteiger partial charge in [0.2, 0.25) is 0 Å². The van der Waals surface area contributed by atoms with E-state index in [1.807, 2.05) is 36.4 Å². The van der Waals surface area contributed by atoms with Crippen LogP contribution in [0.5, 0.6) is 23.0 Å². The van der Waals surface area contributed by atoms with Crippen molar-refractivity contribution in [3.63, 3.8) is 0 Å². The first kappa shape index (κ1) is 26.9. The summed E-state index contributed by atoms with van der Waals surface area (Å²) >= 11 is 10.8. The Balaban J connectivity index is 1.43. The van der Waals surface area contributed by atoms with Gasteiger partial charge >= 0.3 is 0 Å². The van der Waals surface area contributed by atoms with Gasteiger partial charge in [0.05, 0.1) is 30.7 Å². The molecule has 2 amide bonds. The maximum Gasteiger partial charge on any atom is 0.293 e. The Labute approximate surface area is 232 Å². The molecule has 0 N–H and O–H groups in total. The number of para-hydroxylation sites is 2. The number of methoxy groups -OCH3 is 2. The number of imide groups is 1. The molecule has 1 aliphatic rings. The van der Waals surface area contributed by atoms with Crippen molar-refractivity contribution in [2.45, 2.75) is 6.61 Å². The van der Waals surface area contributed by atoms with E-state index in [0.29, 0.717) is 40.2 Å². The number of hydrogen-bond acceptors (Lipinski definition) is 7. The van der Waals surface area contributed by atoms with Crippen molar-refractivity contribution in [3.8, 4) is 23.0 Å². The van der Waals surface area contributed by atoms with Gasteiger partial charge in [0, 0.05) is 4.47 Å². The van der Waals surface area contributed by atoms with E-state index in [-0.39, 0.29) is 23.3 Å². The SMILES string of the molecule is COc1ccccc1OCCN1C(=O)S/C(=C\c2cc(Cl)c(OCc3ccc(Br)cc3)c(OC)c2)C1=O. The number of carbonyl (C=O) groups excluding carboxylic acids is 2. The molecule has 37 heavy (non-hydrogen) atoms. The number of hydrogen-bond donors (Lipinski definition) is 0. The van der Waals surface area contributed by atoms with E-state index in [2.05, 4.69) is 15.9 Å². The number of thioether (sulfide) groups is 1. The molecule has 4 rings (SSSR count). The predicted octanol–water partition coefficient (Wildman–Crippen LogP) is 6.81. The molecule has 192 valence electrons. The lowest BCUT2D eigenvalue weighted by atomic mass is 10.1. The summed E-state index contributed by atoms with van der Waals surface area (Å²) in [5.74, 6) is 1.53. The van der Waals surface area contributed by atoms with Crippen molar-refractivity contribution in [2.24, 2.45) is 0 Å². The van der Waals surface area contributed by atoms with Gasteiger partial charge in [-0.05, 0) is 65.4 Å². The molecule has 0 atom stereocenters. The fourth-order valence-electron chi connectivity index (χ4n) is 3.53. The summed E-state index contributed by atoms with van der Waals surface area (Å²) < 4.78 is 23.3. The molecule has 3 aromatic rings. The summed E-state index contributed by atoms with van der Waals surface area (Å²) in [5, 5.41) is -0.0421. The highest BCUT2D eigenvalue weighted by Crippen LogP contribution is 2.39. The molecular weight excluding hydrogens is 582 g/mol. The van der Waals surface area contributed by atoms with Crippen LogP contribution in [0.25, 0.3) is 6.08 Å². The van der Waals surface area contributed by atoms with Crippen LogP contribution in [0.15, 0.2) is 70.0 Å². The molecule has 1 heterocycles. The molecule has 3 aromatic carbocycles. The number of benzene rings is 3. The van der Waals surface area contributed by atoms with Crippen molar-refractivity contribution in [3.05, 3.63) is 86.2 Å². The van der Waals surface area contributed by atoms with E-state index in [9.17, 15) is 9.59 Å². The third-order valence-corrected chi connectivity index (χ3v) is 7.08. The van der Waals surface area contributed by atoms with Gasteiger partial charge in [-0.1, -0.05) is 51.8 Å². The lowest BCUT2D eigenvalue weighted by Crippen LogP contribution is -2.32. The number of rotatable bonds is 10. The summed E-state index contributed by atoms with van der Waals surface area (Å²) in [4.78, 5) is 26.9. The van der Waals surface area contributed by atoms with Gasteiger partial charge < -0.3 is 18.9 Å². The molecule has 0 radical (unpaired) electrons. The third-order valence-electron chi connectivity index (χ3n) is 5.36. The Hall–Kier alpha value is -3.14. The van der Waals surface area contributed by atoms with E-state index >= 15 is 0 Å². The first-order valence-corrected chi connectivity index (χ1v) is 13.1. The second-order valence-corrected chi connectivity index (χ2v) is 10.1. The van der Waals surface area contributed by atoms with Crippen LogP contribution >= 0.6 is 39.3 Å². The third kappa shape index (κ3) is 6.60. The van der Waals surface area contributed by atoms with Crippen LogP contribution in [-0.2, 0) is 11.4 Å². The van der Waals surface area contributed by atoms with Crippen molar-refractivity contribution < 1.29 is 28.5 Å². The number of nitrogens with zero attached hydrogens (tertiary/aromatic N) is 1. The van der Waals surface area contributed by atoms with Gasteiger partial charge in [0.15, 0.2) is 23.0 Å². The first-order valence-electron chi connectivity index (χ1n) is 11.2. The summed E-state index contributed by atoms with van der Waals surface area (Å²) in [6, 6.07) is 18.3. The van der Waals surface area contributed by atoms with E-state index in [4.69, 9.17) is 30.5 Å². The van der Waals surface area contributed by atoms with Crippen molar-refractivity contribution in [2.75, 3.05) is 27.4 Å². The average Bonchev–Trinajstić information content (AvgIpc) is 3.16. The average molecular weight is 605 g/mol. The minimum absolute atomic E-state index is 0.104. The molecule has 10 heteroatoms. The maximum atomic E-state index is 12.9. The molecule has 0 aliphatic carbocycles. The Morgan fingerprint density at radius 2 is 1.65 bits per heavy atom. The van der Waals surface area contributed by atoms with Crippen LogP contribution in [0.4, 0.5) is 4.79 Å². The van der Waals surface area contributed by atoms with E-state index in [0.717, 1.165) is 26.7 Å². The van der Waals surface area contributed by atoms with Gasteiger partial charge in [0.1, 0.15) is 13.2 Å². The van der Waals surface area contributed by atoms with Crippen molar-refractivity contribution in [1.82, 2.24) is 4.90 Å². The number of amides is 2. The van der Waals surface area contributed by atoms with Crippen LogP contribution in [0.2, 0.25) is 5.02 Å². The molecule has 7 nitrogen and oxygen atoms in total. The molecule has 0 unspecified atom stereocenters. The van der Waals surface area contributed by atoms with E-state index in [1.54, 1.807) is 37.5 Å². The van der Waals surface area contributed by atoms with Crippen LogP contribution in [0.3, 0.4) is 0 Å². The molecule has 0 bridgehead atoms. The van der Waals surface area contributed by atoms with E-state index in [1.165, 1.54) is 7.11 Å². The van der Waals surface area contributed by atoms with Crippen molar-refractivity contribution in [1.29, 1.82) is 0 Å². The van der Waals surface area contributed by atoms with Crippen molar-refractivity contribution >= 4 is 56.5 Å². The molecule has 1 saturated heterocycles. The van der Waals surface area contributed by atoms with Crippen LogP contribution < -0.4 is 18.9 Å². The zero-order valence-electron chi connectivity index (χ0n) is 20.0. The van der Waals surface area contributed by atoms with Gasteiger partial charge in [-0.2, -0.15) is 0 Å². The number of ether oxygens (including phenoxy) is 4. The van der Waals surface area contributed by atoms with Gasteiger partial charge in [0.25, 0.3) is 11.1 Å². The van der Waals surface area contributed by atoms with Crippen LogP contribution in [0.1, 0.15) is 11.1 Å². The topological polar surface area (TPSA) is 74.3 Å². The highest BCUT2D eigenvalue weighted by atomic mass is 79.9. The summed E-state index contributed by atoms with van der Waals surface area (Å²) in [7, 11) is 3.06. The quantitative estimate of drug-likeness (QED) is 0.235. The second-order valence-electron chi connectivity index (χ2n) is 7.78. The zero-order valence-corrected chi connectivity index (χ0v) is 23.2. The highest BCUT2D eigenvalue weighted by molar-refractivity contribution is 9.10. The highest BCUT2D eigenvalue weighted by Gasteiger charge is 2.35. The Morgan fingerprint density at radius 1 is 0.946 bits per heavy atom. The second kappa shape index (κ2) is 12.4. The molecule has 0 saturated carbocycles. The lowest BCUT2D eigenvalue weighted by molar-refractivity contribution is -0.123. The molecule has 0 spiro atoms. The fourth-order valence-corrected chi connectivity index (χ4v) is 4.93. The maximum absolute atomic E-state index is 12.9.